The van der Waals surface area contributed by atoms with Crippen LogP contribution in [0.2, 0.25) is 0 Å². The van der Waals surface area contributed by atoms with E-state index in [1.54, 1.807) is 13.0 Å². The van der Waals surface area contributed by atoms with Crippen molar-refractivity contribution in [2.75, 3.05) is 13.2 Å². The Morgan fingerprint density at radius 1 is 1.40 bits per heavy atom. The number of carbonyl (C=O) groups excluding carboxylic acids is 1. The van der Waals surface area contributed by atoms with Crippen LogP contribution in [0, 0.1) is 0 Å². The Hall–Kier alpha value is -2.30. The van der Waals surface area contributed by atoms with Gasteiger partial charge in [0.25, 0.3) is 0 Å². The number of carbonyl (C=O) groups is 2. The van der Waals surface area contributed by atoms with Crippen LogP contribution in [0.4, 0.5) is 4.79 Å². The minimum absolute atomic E-state index is 0.359. The number of carboxylic acid groups (broad SMARTS) is 1. The standard InChI is InChI=1S/C15H17NO4/c1-2-20-14(17)6-4-11-3-5-13-10-16(15(18)19)8-7-12(13)9-11/h3-6,9H,2,7-8,10H2,1H3,(H,18,19). The van der Waals surface area contributed by atoms with E-state index >= 15 is 0 Å². The van der Waals surface area contributed by atoms with Gasteiger partial charge in [-0.1, -0.05) is 18.2 Å². The number of hydrogen-bond acceptors (Lipinski definition) is 3. The zero-order chi connectivity index (χ0) is 14.5. The van der Waals surface area contributed by atoms with Gasteiger partial charge in [0.1, 0.15) is 0 Å². The minimum atomic E-state index is -0.887. The lowest BCUT2D eigenvalue weighted by atomic mass is 9.97. The van der Waals surface area contributed by atoms with Crippen LogP contribution in [0.3, 0.4) is 0 Å². The van der Waals surface area contributed by atoms with E-state index in [4.69, 9.17) is 9.84 Å². The maximum atomic E-state index is 11.2. The average Bonchev–Trinajstić information content (AvgIpc) is 2.44. The molecule has 20 heavy (non-hydrogen) atoms. The summed E-state index contributed by atoms with van der Waals surface area (Å²) in [5, 5.41) is 8.98. The van der Waals surface area contributed by atoms with Crippen LogP contribution in [0.5, 0.6) is 0 Å². The van der Waals surface area contributed by atoms with Gasteiger partial charge in [-0.2, -0.15) is 0 Å². The lowest BCUT2D eigenvalue weighted by Gasteiger charge is -2.26. The first kappa shape index (κ1) is 14.1. The van der Waals surface area contributed by atoms with E-state index in [1.807, 2.05) is 18.2 Å². The van der Waals surface area contributed by atoms with Crippen molar-refractivity contribution in [3.8, 4) is 0 Å². The Morgan fingerprint density at radius 2 is 2.20 bits per heavy atom. The van der Waals surface area contributed by atoms with Gasteiger partial charge in [-0.05, 0) is 36.1 Å². The molecule has 0 saturated carbocycles. The summed E-state index contributed by atoms with van der Waals surface area (Å²) >= 11 is 0. The van der Waals surface area contributed by atoms with Crippen molar-refractivity contribution in [3.63, 3.8) is 0 Å². The third kappa shape index (κ3) is 3.38. The molecular formula is C15H17NO4. The van der Waals surface area contributed by atoms with E-state index in [0.717, 1.165) is 16.7 Å². The monoisotopic (exact) mass is 275 g/mol. The molecule has 1 heterocycles. The summed E-state index contributed by atoms with van der Waals surface area (Å²) in [6.45, 7) is 3.05. The van der Waals surface area contributed by atoms with Gasteiger partial charge in [-0.3, -0.25) is 0 Å². The van der Waals surface area contributed by atoms with Gasteiger partial charge in [0, 0.05) is 19.2 Å². The van der Waals surface area contributed by atoms with Crippen molar-refractivity contribution in [2.45, 2.75) is 19.9 Å². The summed E-state index contributed by atoms with van der Waals surface area (Å²) < 4.78 is 4.82. The van der Waals surface area contributed by atoms with Crippen molar-refractivity contribution < 1.29 is 19.4 Å². The van der Waals surface area contributed by atoms with Crippen molar-refractivity contribution in [2.24, 2.45) is 0 Å². The Labute approximate surface area is 117 Å². The molecule has 1 aliphatic rings. The number of nitrogens with zero attached hydrogens (tertiary/aromatic N) is 1. The van der Waals surface area contributed by atoms with E-state index in [1.165, 1.54) is 11.0 Å². The molecule has 106 valence electrons. The number of benzene rings is 1. The predicted molar refractivity (Wildman–Crippen MR) is 74.2 cm³/mol. The molecule has 1 N–H and O–H groups in total. The van der Waals surface area contributed by atoms with E-state index in [-0.39, 0.29) is 5.97 Å². The summed E-state index contributed by atoms with van der Waals surface area (Å²) in [7, 11) is 0. The third-order valence-electron chi connectivity index (χ3n) is 3.21. The summed E-state index contributed by atoms with van der Waals surface area (Å²) in [5.74, 6) is -0.359. The summed E-state index contributed by atoms with van der Waals surface area (Å²) in [5.41, 5.74) is 3.07. The van der Waals surface area contributed by atoms with Crippen molar-refractivity contribution in [1.82, 2.24) is 4.90 Å². The first-order valence-electron chi connectivity index (χ1n) is 6.54. The average molecular weight is 275 g/mol. The first-order chi connectivity index (χ1) is 9.60. The van der Waals surface area contributed by atoms with Gasteiger partial charge >= 0.3 is 12.1 Å². The van der Waals surface area contributed by atoms with Gasteiger partial charge in [0.2, 0.25) is 0 Å². The Bertz CT molecular complexity index is 551. The summed E-state index contributed by atoms with van der Waals surface area (Å²) in [6.07, 6.45) is 2.92. The number of amides is 1. The number of hydrogen-bond donors (Lipinski definition) is 1. The molecule has 0 fully saturated rings. The minimum Gasteiger partial charge on any atom is -0.465 e. The highest BCUT2D eigenvalue weighted by Gasteiger charge is 2.19. The lowest BCUT2D eigenvalue weighted by molar-refractivity contribution is -0.137. The zero-order valence-corrected chi connectivity index (χ0v) is 11.3. The molecule has 5 heteroatoms. The van der Waals surface area contributed by atoms with Crippen molar-refractivity contribution in [3.05, 3.63) is 41.0 Å². The molecule has 1 aromatic carbocycles. The fourth-order valence-electron chi connectivity index (χ4n) is 2.19. The van der Waals surface area contributed by atoms with Crippen LogP contribution >= 0.6 is 0 Å². The molecule has 0 atom stereocenters. The molecule has 0 unspecified atom stereocenters. The van der Waals surface area contributed by atoms with Gasteiger partial charge in [-0.25, -0.2) is 9.59 Å². The quantitative estimate of drug-likeness (QED) is 0.679. The third-order valence-corrected chi connectivity index (χ3v) is 3.21. The normalized spacial score (nSPS) is 14.2. The van der Waals surface area contributed by atoms with Crippen molar-refractivity contribution in [1.29, 1.82) is 0 Å². The summed E-state index contributed by atoms with van der Waals surface area (Å²) in [4.78, 5) is 23.6. The molecule has 0 saturated heterocycles. The highest BCUT2D eigenvalue weighted by Crippen LogP contribution is 2.21. The van der Waals surface area contributed by atoms with E-state index < -0.39 is 6.09 Å². The predicted octanol–water partition coefficient (Wildman–Crippen LogP) is 2.30. The van der Waals surface area contributed by atoms with Gasteiger partial charge in [-0.15, -0.1) is 0 Å². The second-order valence-corrected chi connectivity index (χ2v) is 4.57. The molecule has 1 amide bonds. The largest absolute Gasteiger partial charge is 0.465 e. The molecule has 0 radical (unpaired) electrons. The Kier molecular flexibility index (Phi) is 4.40. The van der Waals surface area contributed by atoms with Gasteiger partial charge in [0.05, 0.1) is 6.61 Å². The van der Waals surface area contributed by atoms with Crippen LogP contribution in [-0.4, -0.2) is 35.2 Å². The highest BCUT2D eigenvalue weighted by atomic mass is 16.5. The topological polar surface area (TPSA) is 66.8 Å². The molecule has 5 nitrogen and oxygen atoms in total. The molecule has 1 aliphatic heterocycles. The maximum absolute atomic E-state index is 11.2. The SMILES string of the molecule is CCOC(=O)C=Cc1ccc2c(c1)CCN(C(=O)O)C2. The second-order valence-electron chi connectivity index (χ2n) is 4.57. The molecule has 0 bridgehead atoms. The molecule has 0 spiro atoms. The number of ether oxygens (including phenoxy) is 1. The smallest absolute Gasteiger partial charge is 0.407 e. The van der Waals surface area contributed by atoms with Crippen molar-refractivity contribution >= 4 is 18.1 Å². The fraction of sp³-hybridized carbons (Fsp3) is 0.333. The zero-order valence-electron chi connectivity index (χ0n) is 11.3. The highest BCUT2D eigenvalue weighted by molar-refractivity contribution is 5.87. The van der Waals surface area contributed by atoms with Crippen LogP contribution in [0.1, 0.15) is 23.6 Å². The summed E-state index contributed by atoms with van der Waals surface area (Å²) in [6, 6.07) is 5.78. The molecule has 2 rings (SSSR count). The number of esters is 1. The van der Waals surface area contributed by atoms with Gasteiger partial charge in [0.15, 0.2) is 0 Å². The number of fused-ring (bicyclic) bond motifs is 1. The fourth-order valence-corrected chi connectivity index (χ4v) is 2.19. The maximum Gasteiger partial charge on any atom is 0.407 e. The van der Waals surface area contributed by atoms with E-state index in [9.17, 15) is 9.59 Å². The molecular weight excluding hydrogens is 258 g/mol. The van der Waals surface area contributed by atoms with Crippen LogP contribution in [0.25, 0.3) is 6.08 Å². The molecule has 0 aromatic heterocycles. The Balaban J connectivity index is 2.10. The van der Waals surface area contributed by atoms with Crippen LogP contribution in [0.15, 0.2) is 24.3 Å². The Morgan fingerprint density at radius 3 is 2.90 bits per heavy atom. The lowest BCUT2D eigenvalue weighted by Crippen LogP contribution is -2.34. The second kappa shape index (κ2) is 6.23. The molecule has 1 aromatic rings. The van der Waals surface area contributed by atoms with E-state index in [2.05, 4.69) is 0 Å². The van der Waals surface area contributed by atoms with Crippen LogP contribution in [-0.2, 0) is 22.5 Å². The molecule has 0 aliphatic carbocycles. The van der Waals surface area contributed by atoms with Gasteiger partial charge < -0.3 is 14.7 Å². The van der Waals surface area contributed by atoms with Crippen LogP contribution < -0.4 is 0 Å². The first-order valence-corrected chi connectivity index (χ1v) is 6.54. The van der Waals surface area contributed by atoms with E-state index in [0.29, 0.717) is 26.1 Å². The number of rotatable bonds is 3.